The van der Waals surface area contributed by atoms with Gasteiger partial charge in [-0.1, -0.05) is 18.5 Å². The Labute approximate surface area is 176 Å². The number of rotatable bonds is 6. The van der Waals surface area contributed by atoms with Crippen molar-refractivity contribution < 1.29 is 17.6 Å². The number of hydrogen-bond acceptors (Lipinski definition) is 4. The second-order valence-electron chi connectivity index (χ2n) is 8.00. The van der Waals surface area contributed by atoms with Crippen LogP contribution in [0, 0.1) is 5.92 Å². The van der Waals surface area contributed by atoms with Crippen LogP contribution in [0.4, 0.5) is 0 Å². The van der Waals surface area contributed by atoms with E-state index >= 15 is 0 Å². The molecule has 2 aliphatic rings. The summed E-state index contributed by atoms with van der Waals surface area (Å²) in [5.74, 6) is 0.805. The van der Waals surface area contributed by atoms with Crippen molar-refractivity contribution in [2.24, 2.45) is 5.92 Å². The van der Waals surface area contributed by atoms with Gasteiger partial charge in [0.15, 0.2) is 0 Å². The summed E-state index contributed by atoms with van der Waals surface area (Å²) in [5, 5.41) is 0.142. The highest BCUT2D eigenvalue weighted by atomic mass is 35.5. The summed E-state index contributed by atoms with van der Waals surface area (Å²) in [6, 6.07) is 8.31. The lowest BCUT2D eigenvalue weighted by atomic mass is 10.0. The molecule has 0 bridgehead atoms. The molecular formula is C21H25ClN2O4S. The van der Waals surface area contributed by atoms with Gasteiger partial charge in [-0.25, -0.2) is 8.42 Å². The highest BCUT2D eigenvalue weighted by molar-refractivity contribution is 7.89. The van der Waals surface area contributed by atoms with Crippen LogP contribution in [0.5, 0.6) is 0 Å². The van der Waals surface area contributed by atoms with Crippen LogP contribution in [0.3, 0.4) is 0 Å². The van der Waals surface area contributed by atoms with E-state index in [2.05, 4.69) is 0 Å². The van der Waals surface area contributed by atoms with Gasteiger partial charge in [-0.3, -0.25) is 4.79 Å². The van der Waals surface area contributed by atoms with Crippen LogP contribution in [-0.4, -0.2) is 42.7 Å². The third kappa shape index (κ3) is 4.37. The first-order valence-corrected chi connectivity index (χ1v) is 11.8. The van der Waals surface area contributed by atoms with Crippen LogP contribution in [0.1, 0.15) is 48.7 Å². The van der Waals surface area contributed by atoms with Gasteiger partial charge in [-0.15, -0.1) is 0 Å². The molecule has 1 aliphatic heterocycles. The molecule has 1 saturated heterocycles. The van der Waals surface area contributed by atoms with Gasteiger partial charge in [0, 0.05) is 24.7 Å². The molecule has 1 unspecified atom stereocenters. The maximum atomic E-state index is 13.2. The molecule has 1 aromatic heterocycles. The first-order valence-electron chi connectivity index (χ1n) is 9.99. The van der Waals surface area contributed by atoms with Crippen molar-refractivity contribution in [1.82, 2.24) is 9.21 Å². The van der Waals surface area contributed by atoms with Gasteiger partial charge in [0.05, 0.1) is 17.8 Å². The van der Waals surface area contributed by atoms with E-state index in [1.807, 2.05) is 13.0 Å². The number of piperidine rings is 1. The normalized spacial score (nSPS) is 20.6. The minimum absolute atomic E-state index is 0.00728. The third-order valence-electron chi connectivity index (χ3n) is 5.57. The zero-order chi connectivity index (χ0) is 20.6. The molecule has 1 aromatic carbocycles. The third-order valence-corrected chi connectivity index (χ3v) is 7.92. The SMILES string of the molecule is CC1CCCN(S(=O)(=O)c2cc(C(=O)N(Cc3ccco3)C3CC3)ccc2Cl)C1. The van der Waals surface area contributed by atoms with Crippen molar-refractivity contribution in [3.05, 3.63) is 52.9 Å². The van der Waals surface area contributed by atoms with Crippen molar-refractivity contribution in [3.63, 3.8) is 0 Å². The second-order valence-corrected chi connectivity index (χ2v) is 10.3. The lowest BCUT2D eigenvalue weighted by molar-refractivity contribution is 0.0717. The molecular weight excluding hydrogens is 412 g/mol. The Hall–Kier alpha value is -1.83. The average Bonchev–Trinajstić information content (AvgIpc) is 3.41. The predicted octanol–water partition coefficient (Wildman–Crippen LogP) is 4.16. The standard InChI is InChI=1S/C21H25ClN2O4S/c1-15-4-2-10-23(13-15)29(26,27)20-12-16(6-9-19(20)22)21(25)24(17-7-8-17)14-18-5-3-11-28-18/h3,5-6,9,11-12,15,17H,2,4,7-8,10,13-14H2,1H3. The number of halogens is 1. The minimum atomic E-state index is -3.75. The van der Waals surface area contributed by atoms with E-state index in [0.29, 0.717) is 36.9 Å². The van der Waals surface area contributed by atoms with Crippen molar-refractivity contribution >= 4 is 27.5 Å². The molecule has 8 heteroatoms. The number of amides is 1. The summed E-state index contributed by atoms with van der Waals surface area (Å²) in [7, 11) is -3.75. The summed E-state index contributed by atoms with van der Waals surface area (Å²) >= 11 is 6.26. The van der Waals surface area contributed by atoms with Gasteiger partial charge < -0.3 is 9.32 Å². The Balaban J connectivity index is 1.62. The molecule has 29 heavy (non-hydrogen) atoms. The summed E-state index contributed by atoms with van der Waals surface area (Å²) in [6.07, 6.45) is 5.31. The summed E-state index contributed by atoms with van der Waals surface area (Å²) in [5.41, 5.74) is 0.330. The van der Waals surface area contributed by atoms with Gasteiger partial charge in [0.25, 0.3) is 5.91 Å². The molecule has 6 nitrogen and oxygen atoms in total. The van der Waals surface area contributed by atoms with Gasteiger partial charge in [0.1, 0.15) is 10.7 Å². The summed E-state index contributed by atoms with van der Waals surface area (Å²) in [4.78, 5) is 15.0. The lowest BCUT2D eigenvalue weighted by Gasteiger charge is -2.30. The average molecular weight is 437 g/mol. The van der Waals surface area contributed by atoms with Crippen LogP contribution in [0.25, 0.3) is 0 Å². The first-order chi connectivity index (χ1) is 13.9. The van der Waals surface area contributed by atoms with Crippen LogP contribution in [0.15, 0.2) is 45.9 Å². The molecule has 1 saturated carbocycles. The maximum absolute atomic E-state index is 13.2. The van der Waals surface area contributed by atoms with Crippen LogP contribution in [0.2, 0.25) is 5.02 Å². The van der Waals surface area contributed by atoms with E-state index in [9.17, 15) is 13.2 Å². The Morgan fingerprint density at radius 2 is 2.07 bits per heavy atom. The number of sulfonamides is 1. The molecule has 2 fully saturated rings. The minimum Gasteiger partial charge on any atom is -0.467 e. The zero-order valence-corrected chi connectivity index (χ0v) is 18.0. The van der Waals surface area contributed by atoms with Crippen molar-refractivity contribution in [2.75, 3.05) is 13.1 Å². The molecule has 1 atom stereocenters. The quantitative estimate of drug-likeness (QED) is 0.681. The van der Waals surface area contributed by atoms with Crippen LogP contribution in [-0.2, 0) is 16.6 Å². The topological polar surface area (TPSA) is 70.8 Å². The Morgan fingerprint density at radius 1 is 1.28 bits per heavy atom. The monoisotopic (exact) mass is 436 g/mol. The van der Waals surface area contributed by atoms with E-state index < -0.39 is 10.0 Å². The fourth-order valence-electron chi connectivity index (χ4n) is 3.83. The van der Waals surface area contributed by atoms with Crippen molar-refractivity contribution in [2.45, 2.75) is 50.1 Å². The van der Waals surface area contributed by atoms with Crippen LogP contribution >= 0.6 is 11.6 Å². The zero-order valence-electron chi connectivity index (χ0n) is 16.4. The number of nitrogens with zero attached hydrogens (tertiary/aromatic N) is 2. The molecule has 1 amide bonds. The van der Waals surface area contributed by atoms with Crippen molar-refractivity contribution in [1.29, 1.82) is 0 Å². The fourth-order valence-corrected chi connectivity index (χ4v) is 5.93. The highest BCUT2D eigenvalue weighted by Crippen LogP contribution is 2.32. The Kier molecular flexibility index (Phi) is 5.73. The molecule has 156 valence electrons. The molecule has 0 N–H and O–H groups in total. The molecule has 2 aromatic rings. The van der Waals surface area contributed by atoms with Gasteiger partial charge in [-0.05, 0) is 61.9 Å². The Bertz CT molecular complexity index is 986. The maximum Gasteiger partial charge on any atom is 0.254 e. The lowest BCUT2D eigenvalue weighted by Crippen LogP contribution is -2.39. The number of hydrogen-bond donors (Lipinski definition) is 0. The Morgan fingerprint density at radius 3 is 2.72 bits per heavy atom. The second kappa shape index (κ2) is 8.13. The molecule has 0 radical (unpaired) electrons. The van der Waals surface area contributed by atoms with Gasteiger partial charge in [-0.2, -0.15) is 4.31 Å². The molecule has 1 aliphatic carbocycles. The predicted molar refractivity (Wildman–Crippen MR) is 110 cm³/mol. The van der Waals surface area contributed by atoms with Gasteiger partial charge >= 0.3 is 0 Å². The number of benzene rings is 1. The van der Waals surface area contributed by atoms with E-state index in [1.54, 1.807) is 23.3 Å². The smallest absolute Gasteiger partial charge is 0.254 e. The molecule has 2 heterocycles. The summed E-state index contributed by atoms with van der Waals surface area (Å²) < 4.78 is 33.3. The first kappa shape index (κ1) is 20.4. The highest BCUT2D eigenvalue weighted by Gasteiger charge is 2.35. The molecule has 4 rings (SSSR count). The largest absolute Gasteiger partial charge is 0.467 e. The van der Waals surface area contributed by atoms with E-state index in [1.165, 1.54) is 16.4 Å². The fraction of sp³-hybridized carbons (Fsp3) is 0.476. The van der Waals surface area contributed by atoms with E-state index in [-0.39, 0.29) is 21.9 Å². The molecule has 0 spiro atoms. The van der Waals surface area contributed by atoms with Gasteiger partial charge in [0.2, 0.25) is 10.0 Å². The van der Waals surface area contributed by atoms with Crippen LogP contribution < -0.4 is 0 Å². The number of carbonyl (C=O) groups is 1. The van der Waals surface area contributed by atoms with E-state index in [0.717, 1.165) is 25.7 Å². The summed E-state index contributed by atoms with van der Waals surface area (Å²) in [6.45, 7) is 3.37. The number of furan rings is 1. The number of carbonyl (C=O) groups excluding carboxylic acids is 1. The van der Waals surface area contributed by atoms with Crippen molar-refractivity contribution in [3.8, 4) is 0 Å². The van der Waals surface area contributed by atoms with E-state index in [4.69, 9.17) is 16.0 Å².